The molecule has 3 aromatic heterocycles. The van der Waals surface area contributed by atoms with E-state index >= 15 is 0 Å². The maximum atomic E-state index is 12.2. The van der Waals surface area contributed by atoms with E-state index in [1.54, 1.807) is 17.1 Å². The summed E-state index contributed by atoms with van der Waals surface area (Å²) in [5.74, 6) is 1.28. The molecule has 0 radical (unpaired) electrons. The van der Waals surface area contributed by atoms with Crippen LogP contribution in [-0.4, -0.2) is 39.2 Å². The molecule has 0 unspecified atom stereocenters. The lowest BCUT2D eigenvalue weighted by Gasteiger charge is -2.38. The summed E-state index contributed by atoms with van der Waals surface area (Å²) in [4.78, 5) is 18.5. The van der Waals surface area contributed by atoms with Gasteiger partial charge in [-0.25, -0.2) is 4.98 Å². The summed E-state index contributed by atoms with van der Waals surface area (Å²) in [5.41, 5.74) is 1.89. The number of nitrogens with one attached hydrogen (secondary N) is 1. The number of carbonyl (C=O) groups is 1. The van der Waals surface area contributed by atoms with Gasteiger partial charge in [-0.2, -0.15) is 5.10 Å². The smallest absolute Gasteiger partial charge is 0.222 e. The SMILES string of the molecule is CN1C(=O)CC[C@H](CNc2nccc3occc23)[C@H]1c1cnn(C)c1. The predicted molar refractivity (Wildman–Crippen MR) is 93.9 cm³/mol. The molecule has 4 heterocycles. The van der Waals surface area contributed by atoms with Gasteiger partial charge in [0, 0.05) is 50.9 Å². The van der Waals surface area contributed by atoms with E-state index in [1.165, 1.54) is 0 Å². The number of furan rings is 1. The Balaban J connectivity index is 1.57. The first-order valence-corrected chi connectivity index (χ1v) is 8.44. The van der Waals surface area contributed by atoms with Gasteiger partial charge in [-0.3, -0.25) is 9.48 Å². The molecule has 0 aromatic carbocycles. The molecule has 1 amide bonds. The number of likely N-dealkylation sites (tertiary alicyclic amines) is 1. The number of amides is 1. The Labute approximate surface area is 145 Å². The first-order chi connectivity index (χ1) is 12.1. The van der Waals surface area contributed by atoms with Crippen LogP contribution in [0.15, 0.2) is 41.4 Å². The molecule has 0 spiro atoms. The number of anilines is 1. The van der Waals surface area contributed by atoms with Gasteiger partial charge in [0.1, 0.15) is 11.4 Å². The monoisotopic (exact) mass is 339 g/mol. The van der Waals surface area contributed by atoms with Gasteiger partial charge >= 0.3 is 0 Å². The molecule has 2 atom stereocenters. The highest BCUT2D eigenvalue weighted by atomic mass is 16.3. The van der Waals surface area contributed by atoms with Crippen LogP contribution in [0.3, 0.4) is 0 Å². The van der Waals surface area contributed by atoms with Gasteiger partial charge in [0.2, 0.25) is 5.91 Å². The molecule has 0 aliphatic carbocycles. The van der Waals surface area contributed by atoms with Gasteiger partial charge in [-0.1, -0.05) is 0 Å². The summed E-state index contributed by atoms with van der Waals surface area (Å²) < 4.78 is 7.21. The highest BCUT2D eigenvalue weighted by molar-refractivity contribution is 5.87. The number of fused-ring (bicyclic) bond motifs is 1. The standard InChI is InChI=1S/C18H21N5O2/c1-22-11-13(10-21-22)17-12(3-4-16(24)23(17)2)9-20-18-14-6-8-25-15(14)5-7-19-18/h5-8,10-12,17H,3-4,9H2,1-2H3,(H,19,20)/t12-,17+/m1/s1. The Morgan fingerprint density at radius 3 is 3.04 bits per heavy atom. The Morgan fingerprint density at radius 2 is 2.24 bits per heavy atom. The number of nitrogens with zero attached hydrogens (tertiary/aromatic N) is 4. The number of hydrogen-bond donors (Lipinski definition) is 1. The van der Waals surface area contributed by atoms with E-state index in [9.17, 15) is 4.79 Å². The van der Waals surface area contributed by atoms with E-state index in [4.69, 9.17) is 4.42 Å². The summed E-state index contributed by atoms with van der Waals surface area (Å²) in [6, 6.07) is 3.79. The van der Waals surface area contributed by atoms with E-state index < -0.39 is 0 Å². The zero-order valence-electron chi connectivity index (χ0n) is 14.3. The van der Waals surface area contributed by atoms with E-state index in [0.29, 0.717) is 6.42 Å². The Hall–Kier alpha value is -2.83. The number of hydrogen-bond acceptors (Lipinski definition) is 5. The Morgan fingerprint density at radius 1 is 1.36 bits per heavy atom. The number of pyridine rings is 1. The largest absolute Gasteiger partial charge is 0.464 e. The topological polar surface area (TPSA) is 76.2 Å². The molecule has 4 rings (SSSR count). The lowest BCUT2D eigenvalue weighted by molar-refractivity contribution is -0.136. The van der Waals surface area contributed by atoms with Crippen LogP contribution < -0.4 is 5.32 Å². The molecule has 7 nitrogen and oxygen atoms in total. The molecule has 1 fully saturated rings. The number of piperidine rings is 1. The van der Waals surface area contributed by atoms with E-state index in [2.05, 4.69) is 15.4 Å². The molecule has 1 saturated heterocycles. The average Bonchev–Trinajstić information content (AvgIpc) is 3.25. The molecule has 25 heavy (non-hydrogen) atoms. The van der Waals surface area contributed by atoms with Crippen molar-refractivity contribution in [3.63, 3.8) is 0 Å². The minimum absolute atomic E-state index is 0.0194. The molecular formula is C18H21N5O2. The molecule has 3 aromatic rings. The van der Waals surface area contributed by atoms with Crippen molar-refractivity contribution in [2.24, 2.45) is 13.0 Å². The lowest BCUT2D eigenvalue weighted by Crippen LogP contribution is -2.42. The predicted octanol–water partition coefficient (Wildman–Crippen LogP) is 2.58. The number of rotatable bonds is 4. The fourth-order valence-electron chi connectivity index (χ4n) is 3.68. The third kappa shape index (κ3) is 2.86. The zero-order chi connectivity index (χ0) is 17.4. The van der Waals surface area contributed by atoms with Crippen molar-refractivity contribution in [3.8, 4) is 0 Å². The fourth-order valence-corrected chi connectivity index (χ4v) is 3.68. The second-order valence-electron chi connectivity index (χ2n) is 6.57. The summed E-state index contributed by atoms with van der Waals surface area (Å²) in [6.45, 7) is 0.731. The van der Waals surface area contributed by atoms with Crippen molar-refractivity contribution in [1.82, 2.24) is 19.7 Å². The van der Waals surface area contributed by atoms with Crippen molar-refractivity contribution in [3.05, 3.63) is 42.5 Å². The number of aryl methyl sites for hydroxylation is 1. The molecular weight excluding hydrogens is 318 g/mol. The summed E-state index contributed by atoms with van der Waals surface area (Å²) in [5, 5.41) is 8.69. The van der Waals surface area contributed by atoms with Crippen LogP contribution in [0.1, 0.15) is 24.4 Å². The summed E-state index contributed by atoms with van der Waals surface area (Å²) >= 11 is 0. The fraction of sp³-hybridized carbons (Fsp3) is 0.389. The Bertz CT molecular complexity index is 900. The van der Waals surface area contributed by atoms with E-state index in [-0.39, 0.29) is 17.9 Å². The minimum atomic E-state index is 0.0194. The minimum Gasteiger partial charge on any atom is -0.464 e. The van der Waals surface area contributed by atoms with Gasteiger partial charge in [0.15, 0.2) is 0 Å². The van der Waals surface area contributed by atoms with Gasteiger partial charge in [-0.05, 0) is 18.6 Å². The summed E-state index contributed by atoms with van der Waals surface area (Å²) in [7, 11) is 3.77. The van der Waals surface area contributed by atoms with Crippen LogP contribution in [0.2, 0.25) is 0 Å². The van der Waals surface area contributed by atoms with Gasteiger partial charge in [0.25, 0.3) is 0 Å². The molecule has 1 aliphatic rings. The van der Waals surface area contributed by atoms with Crippen molar-refractivity contribution in [2.45, 2.75) is 18.9 Å². The van der Waals surface area contributed by atoms with E-state index in [0.717, 1.165) is 35.3 Å². The van der Waals surface area contributed by atoms with Crippen molar-refractivity contribution >= 4 is 22.7 Å². The van der Waals surface area contributed by atoms with Crippen molar-refractivity contribution in [2.75, 3.05) is 18.9 Å². The second-order valence-corrected chi connectivity index (χ2v) is 6.57. The van der Waals surface area contributed by atoms with Crippen molar-refractivity contribution < 1.29 is 9.21 Å². The van der Waals surface area contributed by atoms with Gasteiger partial charge < -0.3 is 14.6 Å². The van der Waals surface area contributed by atoms with Crippen LogP contribution in [0.5, 0.6) is 0 Å². The Kier molecular flexibility index (Phi) is 3.91. The van der Waals surface area contributed by atoms with Crippen LogP contribution >= 0.6 is 0 Å². The van der Waals surface area contributed by atoms with Crippen molar-refractivity contribution in [1.29, 1.82) is 0 Å². The first kappa shape index (κ1) is 15.7. The zero-order valence-corrected chi connectivity index (χ0v) is 14.3. The van der Waals surface area contributed by atoms with Crippen LogP contribution in [-0.2, 0) is 11.8 Å². The highest BCUT2D eigenvalue weighted by Crippen LogP contribution is 2.36. The average molecular weight is 339 g/mol. The number of aromatic nitrogens is 3. The summed E-state index contributed by atoms with van der Waals surface area (Å²) in [6.07, 6.45) is 8.66. The normalized spacial score (nSPS) is 21.0. The third-order valence-electron chi connectivity index (χ3n) is 4.96. The lowest BCUT2D eigenvalue weighted by atomic mass is 9.85. The molecule has 130 valence electrons. The van der Waals surface area contributed by atoms with Crippen LogP contribution in [0.4, 0.5) is 5.82 Å². The quantitative estimate of drug-likeness (QED) is 0.791. The van der Waals surface area contributed by atoms with E-state index in [1.807, 2.05) is 43.5 Å². The third-order valence-corrected chi connectivity index (χ3v) is 4.96. The maximum absolute atomic E-state index is 12.2. The number of carbonyl (C=O) groups excluding carboxylic acids is 1. The molecule has 1 aliphatic heterocycles. The molecule has 0 saturated carbocycles. The van der Waals surface area contributed by atoms with Gasteiger partial charge in [0.05, 0.1) is 23.9 Å². The molecule has 0 bridgehead atoms. The van der Waals surface area contributed by atoms with Crippen LogP contribution in [0, 0.1) is 5.92 Å². The van der Waals surface area contributed by atoms with Gasteiger partial charge in [-0.15, -0.1) is 0 Å². The van der Waals surface area contributed by atoms with Crippen LogP contribution in [0.25, 0.3) is 11.0 Å². The second kappa shape index (κ2) is 6.23. The first-order valence-electron chi connectivity index (χ1n) is 8.44. The molecule has 7 heteroatoms. The highest BCUT2D eigenvalue weighted by Gasteiger charge is 2.35. The maximum Gasteiger partial charge on any atom is 0.222 e. The molecule has 1 N–H and O–H groups in total.